The Hall–Kier alpha value is -2.81. The van der Waals surface area contributed by atoms with E-state index < -0.39 is 23.4 Å². The summed E-state index contributed by atoms with van der Waals surface area (Å²) in [4.78, 5) is 39.2. The van der Waals surface area contributed by atoms with Crippen LogP contribution < -0.4 is 11.1 Å². The van der Waals surface area contributed by atoms with E-state index in [0.29, 0.717) is 29.5 Å². The highest BCUT2D eigenvalue weighted by Gasteiger charge is 2.30. The van der Waals surface area contributed by atoms with Gasteiger partial charge in [-0.3, -0.25) is 14.4 Å². The second kappa shape index (κ2) is 8.28. The number of thiophene rings is 1. The molecule has 1 aliphatic heterocycles. The predicted octanol–water partition coefficient (Wildman–Crippen LogP) is 3.23. The molecule has 3 N–H and O–H groups in total. The van der Waals surface area contributed by atoms with Crippen molar-refractivity contribution in [3.05, 3.63) is 51.4 Å². The Labute approximate surface area is 170 Å². The van der Waals surface area contributed by atoms with E-state index in [-0.39, 0.29) is 30.5 Å². The fraction of sp³-hybridized carbons (Fsp3) is 0.350. The minimum Gasteiger partial charge on any atom is -0.365 e. The van der Waals surface area contributed by atoms with Gasteiger partial charge in [0, 0.05) is 30.0 Å². The maximum absolute atomic E-state index is 13.9. The van der Waals surface area contributed by atoms with Gasteiger partial charge in [0.1, 0.15) is 16.6 Å². The van der Waals surface area contributed by atoms with E-state index in [1.54, 1.807) is 6.92 Å². The van der Waals surface area contributed by atoms with Gasteiger partial charge in [-0.2, -0.15) is 0 Å². The Bertz CT molecular complexity index is 982. The maximum atomic E-state index is 13.9. The first-order valence-electron chi connectivity index (χ1n) is 9.14. The molecule has 0 radical (unpaired) electrons. The van der Waals surface area contributed by atoms with Gasteiger partial charge in [0.15, 0.2) is 0 Å². The van der Waals surface area contributed by atoms with E-state index in [4.69, 9.17) is 5.73 Å². The number of rotatable bonds is 4. The zero-order valence-electron chi connectivity index (χ0n) is 16.1. The molecule has 3 rings (SSSR count). The van der Waals surface area contributed by atoms with Gasteiger partial charge in [-0.25, -0.2) is 8.78 Å². The van der Waals surface area contributed by atoms with Crippen molar-refractivity contribution in [2.75, 3.05) is 18.4 Å². The van der Waals surface area contributed by atoms with Crippen molar-refractivity contribution in [1.29, 1.82) is 0 Å². The molecule has 1 fully saturated rings. The zero-order valence-corrected chi connectivity index (χ0v) is 16.9. The number of aryl methyl sites for hydroxylation is 1. The molecular formula is C20H21F2N3O3S. The van der Waals surface area contributed by atoms with Gasteiger partial charge in [0.05, 0.1) is 11.1 Å². The van der Waals surface area contributed by atoms with Gasteiger partial charge in [0.25, 0.3) is 11.8 Å². The Kier molecular flexibility index (Phi) is 5.97. The van der Waals surface area contributed by atoms with Crippen LogP contribution in [0.1, 0.15) is 44.0 Å². The van der Waals surface area contributed by atoms with Gasteiger partial charge < -0.3 is 16.0 Å². The Morgan fingerprint density at radius 1 is 1.17 bits per heavy atom. The minimum absolute atomic E-state index is 0.190. The van der Waals surface area contributed by atoms with E-state index in [9.17, 15) is 23.2 Å². The molecule has 3 amide bonds. The molecular weight excluding hydrogens is 400 g/mol. The van der Waals surface area contributed by atoms with Gasteiger partial charge >= 0.3 is 0 Å². The minimum atomic E-state index is -0.905. The third-order valence-corrected chi connectivity index (χ3v) is 6.31. The molecule has 0 spiro atoms. The quantitative estimate of drug-likeness (QED) is 0.794. The fourth-order valence-corrected chi connectivity index (χ4v) is 4.47. The Morgan fingerprint density at radius 2 is 1.83 bits per heavy atom. The summed E-state index contributed by atoms with van der Waals surface area (Å²) in [6, 6.07) is 2.84. The van der Waals surface area contributed by atoms with Crippen LogP contribution in [0.5, 0.6) is 0 Å². The summed E-state index contributed by atoms with van der Waals surface area (Å²) in [7, 11) is 0. The number of amides is 3. The summed E-state index contributed by atoms with van der Waals surface area (Å²) in [5.41, 5.74) is 6.31. The van der Waals surface area contributed by atoms with E-state index in [1.165, 1.54) is 16.2 Å². The van der Waals surface area contributed by atoms with Crippen LogP contribution >= 0.6 is 11.3 Å². The van der Waals surface area contributed by atoms with Crippen molar-refractivity contribution < 1.29 is 23.2 Å². The summed E-state index contributed by atoms with van der Waals surface area (Å²) in [6.45, 7) is 4.18. The van der Waals surface area contributed by atoms with E-state index in [1.807, 2.05) is 6.92 Å². The molecule has 0 atom stereocenters. The van der Waals surface area contributed by atoms with Gasteiger partial charge in [-0.05, 0) is 44.4 Å². The molecule has 2 aromatic rings. The molecule has 154 valence electrons. The number of piperidine rings is 1. The van der Waals surface area contributed by atoms with Crippen molar-refractivity contribution in [3.63, 3.8) is 0 Å². The average molecular weight is 421 g/mol. The number of nitrogens with zero attached hydrogens (tertiary/aromatic N) is 1. The molecule has 0 saturated carbocycles. The van der Waals surface area contributed by atoms with Crippen LogP contribution in [0.2, 0.25) is 0 Å². The standard InChI is InChI=1S/C20H21F2N3O3S/c1-10-11(2)29-19(16(10)17(23)26)24-18(27)12-5-7-25(8-6-12)20(28)14-4-3-13(21)9-15(14)22/h3-4,9,12H,5-8H2,1-2H3,(H2,23,26)(H,24,27). The van der Waals surface area contributed by atoms with Crippen molar-refractivity contribution in [2.24, 2.45) is 11.7 Å². The molecule has 0 bridgehead atoms. The van der Waals surface area contributed by atoms with Crippen LogP contribution in [0, 0.1) is 31.4 Å². The Morgan fingerprint density at radius 3 is 2.41 bits per heavy atom. The number of benzene rings is 1. The number of hydrogen-bond acceptors (Lipinski definition) is 4. The second-order valence-electron chi connectivity index (χ2n) is 7.03. The number of halogens is 2. The molecule has 1 saturated heterocycles. The number of hydrogen-bond donors (Lipinski definition) is 2. The summed E-state index contributed by atoms with van der Waals surface area (Å²) < 4.78 is 26.9. The molecule has 0 aliphatic carbocycles. The first kappa shape index (κ1) is 20.9. The number of anilines is 1. The molecule has 1 aromatic carbocycles. The second-order valence-corrected chi connectivity index (χ2v) is 8.26. The van der Waals surface area contributed by atoms with Crippen LogP contribution in [-0.2, 0) is 4.79 Å². The van der Waals surface area contributed by atoms with Gasteiger partial charge in [-0.1, -0.05) is 0 Å². The predicted molar refractivity (Wildman–Crippen MR) is 106 cm³/mol. The molecule has 2 heterocycles. The smallest absolute Gasteiger partial charge is 0.256 e. The first-order chi connectivity index (χ1) is 13.7. The van der Waals surface area contributed by atoms with Crippen LogP contribution in [0.3, 0.4) is 0 Å². The lowest BCUT2D eigenvalue weighted by Crippen LogP contribution is -2.41. The first-order valence-corrected chi connectivity index (χ1v) is 9.95. The molecule has 29 heavy (non-hydrogen) atoms. The SMILES string of the molecule is Cc1sc(NC(=O)C2CCN(C(=O)c3ccc(F)cc3F)CC2)c(C(N)=O)c1C. The van der Waals surface area contributed by atoms with E-state index >= 15 is 0 Å². The van der Waals surface area contributed by atoms with Crippen LogP contribution in [0.4, 0.5) is 13.8 Å². The highest BCUT2D eigenvalue weighted by atomic mass is 32.1. The highest BCUT2D eigenvalue weighted by molar-refractivity contribution is 7.16. The fourth-order valence-electron chi connectivity index (χ4n) is 3.40. The largest absolute Gasteiger partial charge is 0.365 e. The monoisotopic (exact) mass is 421 g/mol. The number of likely N-dealkylation sites (tertiary alicyclic amines) is 1. The Balaban J connectivity index is 1.64. The average Bonchev–Trinajstić information content (AvgIpc) is 2.95. The molecule has 6 nitrogen and oxygen atoms in total. The normalized spacial score (nSPS) is 14.7. The number of nitrogens with one attached hydrogen (secondary N) is 1. The third kappa shape index (κ3) is 4.29. The van der Waals surface area contributed by atoms with Crippen LogP contribution in [0.25, 0.3) is 0 Å². The topological polar surface area (TPSA) is 92.5 Å². The lowest BCUT2D eigenvalue weighted by Gasteiger charge is -2.31. The maximum Gasteiger partial charge on any atom is 0.256 e. The summed E-state index contributed by atoms with van der Waals surface area (Å²) in [6.07, 6.45) is 0.797. The van der Waals surface area contributed by atoms with Gasteiger partial charge in [0.2, 0.25) is 5.91 Å². The highest BCUT2D eigenvalue weighted by Crippen LogP contribution is 2.33. The van der Waals surface area contributed by atoms with Crippen molar-refractivity contribution in [3.8, 4) is 0 Å². The number of nitrogens with two attached hydrogens (primary N) is 1. The van der Waals surface area contributed by atoms with Crippen molar-refractivity contribution in [2.45, 2.75) is 26.7 Å². The van der Waals surface area contributed by atoms with E-state index in [0.717, 1.165) is 22.6 Å². The lowest BCUT2D eigenvalue weighted by atomic mass is 9.95. The van der Waals surface area contributed by atoms with Crippen molar-refractivity contribution >= 4 is 34.1 Å². The summed E-state index contributed by atoms with van der Waals surface area (Å²) in [5.74, 6) is -3.36. The van der Waals surface area contributed by atoms with Crippen LogP contribution in [0.15, 0.2) is 18.2 Å². The third-order valence-electron chi connectivity index (χ3n) is 5.18. The van der Waals surface area contributed by atoms with Crippen molar-refractivity contribution in [1.82, 2.24) is 4.90 Å². The van der Waals surface area contributed by atoms with Gasteiger partial charge in [-0.15, -0.1) is 11.3 Å². The molecule has 9 heteroatoms. The summed E-state index contributed by atoms with van der Waals surface area (Å²) in [5, 5.41) is 3.22. The summed E-state index contributed by atoms with van der Waals surface area (Å²) >= 11 is 1.30. The number of carbonyl (C=O) groups is 3. The lowest BCUT2D eigenvalue weighted by molar-refractivity contribution is -0.121. The number of carbonyl (C=O) groups excluding carboxylic acids is 3. The molecule has 0 unspecified atom stereocenters. The van der Waals surface area contributed by atoms with Crippen LogP contribution in [-0.4, -0.2) is 35.7 Å². The number of primary amides is 1. The molecule has 1 aliphatic rings. The zero-order chi connectivity index (χ0) is 21.3. The van der Waals surface area contributed by atoms with E-state index in [2.05, 4.69) is 5.32 Å². The molecule has 1 aromatic heterocycles.